The van der Waals surface area contributed by atoms with Crippen LogP contribution in [-0.4, -0.2) is 30.1 Å². The van der Waals surface area contributed by atoms with Gasteiger partial charge in [-0.05, 0) is 0 Å². The number of rotatable bonds is 0. The first-order valence-electron chi connectivity index (χ1n) is 1.25. The van der Waals surface area contributed by atoms with Crippen molar-refractivity contribution in [2.45, 2.75) is 0 Å². The Labute approximate surface area is 98.2 Å². The summed E-state index contributed by atoms with van der Waals surface area (Å²) in [5, 5.41) is 38.0. The van der Waals surface area contributed by atoms with Gasteiger partial charge < -0.3 is 25.1 Å². The van der Waals surface area contributed by atoms with Crippen molar-refractivity contribution in [3.63, 3.8) is 0 Å². The van der Waals surface area contributed by atoms with Crippen LogP contribution in [0.3, 0.4) is 0 Å². The summed E-state index contributed by atoms with van der Waals surface area (Å²) < 4.78 is 0. The standard InChI is InChI=1S/BH3O3.BO2.2Na/c2-1(3)4;2-1-3;;/h2-4H;;;/q;-2;2*+1. The molecule has 5 nitrogen and oxygen atoms in total. The van der Waals surface area contributed by atoms with Crippen molar-refractivity contribution in [2.75, 3.05) is 0 Å². The third-order valence-corrected chi connectivity index (χ3v) is 0. The fraction of sp³-hybridized carbons (Fsp3) is 0. The second-order valence-electron chi connectivity index (χ2n) is 0.443. The quantitative estimate of drug-likeness (QED) is 0.298. The van der Waals surface area contributed by atoms with Crippen LogP contribution in [0.2, 0.25) is 0 Å². The van der Waals surface area contributed by atoms with Gasteiger partial charge in [0.2, 0.25) is 0 Å². The molecule has 9 heteroatoms. The maximum absolute atomic E-state index is 8.25. The Balaban J connectivity index is -0.0000000233. The van der Waals surface area contributed by atoms with Crippen LogP contribution in [0.25, 0.3) is 0 Å². The molecular weight excluding hydrogens is 148 g/mol. The van der Waals surface area contributed by atoms with Crippen LogP contribution in [0.15, 0.2) is 0 Å². The van der Waals surface area contributed by atoms with Crippen LogP contribution in [0, 0.1) is 0 Å². The molecule has 0 aromatic carbocycles. The predicted octanol–water partition coefficient (Wildman–Crippen LogP) is -10.8. The molecule has 1 radical (unpaired) electrons. The summed E-state index contributed by atoms with van der Waals surface area (Å²) in [7, 11) is -2.67. The van der Waals surface area contributed by atoms with Crippen molar-refractivity contribution in [1.29, 1.82) is 0 Å². The summed E-state index contributed by atoms with van der Waals surface area (Å²) in [6.07, 6.45) is 0. The van der Waals surface area contributed by atoms with Gasteiger partial charge in [0.05, 0.1) is 0 Å². The first-order valence-corrected chi connectivity index (χ1v) is 1.25. The van der Waals surface area contributed by atoms with Crippen LogP contribution < -0.4 is 69.2 Å². The molecule has 0 aliphatic carbocycles. The van der Waals surface area contributed by atoms with E-state index in [9.17, 15) is 0 Å². The van der Waals surface area contributed by atoms with E-state index in [1.807, 2.05) is 0 Å². The van der Waals surface area contributed by atoms with Crippen molar-refractivity contribution in [3.8, 4) is 0 Å². The van der Waals surface area contributed by atoms with Gasteiger partial charge in [-0.1, -0.05) is 0 Å². The molecule has 9 heavy (non-hydrogen) atoms. The second kappa shape index (κ2) is 22.5. The normalized spacial score (nSPS) is 4.56. The minimum Gasteiger partial charge on any atom is -0.900 e. The Bertz CT molecular complexity index is 24.2. The maximum Gasteiger partial charge on any atom is 1.00 e. The van der Waals surface area contributed by atoms with Crippen LogP contribution in [0.1, 0.15) is 0 Å². The average Bonchev–Trinajstić information content (AvgIpc) is 1.33. The van der Waals surface area contributed by atoms with Crippen LogP contribution in [0.4, 0.5) is 0 Å². The molecule has 3 N–H and O–H groups in total. The fourth-order valence-corrected chi connectivity index (χ4v) is 0. The molecule has 0 atom stereocenters. The van der Waals surface area contributed by atoms with E-state index in [-0.39, 0.29) is 59.1 Å². The molecule has 0 aromatic rings. The zero-order chi connectivity index (χ0) is 6.28. The maximum atomic E-state index is 8.25. The van der Waals surface area contributed by atoms with Crippen LogP contribution >= 0.6 is 0 Å². The van der Waals surface area contributed by atoms with Gasteiger partial charge in [0.1, 0.15) is 0 Å². The third-order valence-electron chi connectivity index (χ3n) is 0. The molecule has 0 rings (SSSR count). The fourth-order valence-electron chi connectivity index (χ4n) is 0. The van der Waals surface area contributed by atoms with Crippen molar-refractivity contribution >= 4 is 15.0 Å². The molecule has 0 aromatic heterocycles. The van der Waals surface area contributed by atoms with Gasteiger partial charge in [0.25, 0.3) is 0 Å². The number of hydrogen-bond acceptors (Lipinski definition) is 5. The van der Waals surface area contributed by atoms with E-state index >= 15 is 0 Å². The summed E-state index contributed by atoms with van der Waals surface area (Å²) in [6, 6.07) is 0. The molecule has 0 spiro atoms. The first-order chi connectivity index (χ1) is 3.15. The van der Waals surface area contributed by atoms with Crippen molar-refractivity contribution < 1.29 is 84.2 Å². The molecule has 0 unspecified atom stereocenters. The van der Waals surface area contributed by atoms with Gasteiger partial charge in [-0.15, -0.1) is 0 Å². The molecular formula is H3B2Na2O5. The predicted molar refractivity (Wildman–Crippen MR) is 18.2 cm³/mol. The monoisotopic (exact) mass is 151 g/mol. The minimum absolute atomic E-state index is 0. The topological polar surface area (TPSA) is 107 Å². The minimum atomic E-state index is -2.17. The van der Waals surface area contributed by atoms with Gasteiger partial charge >= 0.3 is 66.4 Å². The zero-order valence-electron chi connectivity index (χ0n) is 5.31. The van der Waals surface area contributed by atoms with E-state index in [4.69, 9.17) is 25.1 Å². The summed E-state index contributed by atoms with van der Waals surface area (Å²) in [5.74, 6) is 0. The Kier molecular flexibility index (Phi) is 56.2. The van der Waals surface area contributed by atoms with E-state index < -0.39 is 15.0 Å². The molecule has 0 fully saturated rings. The van der Waals surface area contributed by atoms with E-state index in [0.29, 0.717) is 0 Å². The summed E-state index contributed by atoms with van der Waals surface area (Å²) in [4.78, 5) is 0. The summed E-state index contributed by atoms with van der Waals surface area (Å²) in [5.41, 5.74) is 0. The van der Waals surface area contributed by atoms with Crippen LogP contribution in [0.5, 0.6) is 0 Å². The molecule has 0 bridgehead atoms. The van der Waals surface area contributed by atoms with Gasteiger partial charge in [-0.25, -0.2) is 7.69 Å². The molecule has 0 aliphatic heterocycles. The Hall–Kier alpha value is 1.93. The van der Waals surface area contributed by atoms with E-state index in [1.165, 1.54) is 0 Å². The second-order valence-corrected chi connectivity index (χ2v) is 0.443. The largest absolute Gasteiger partial charge is 1.00 e. The Morgan fingerprint density at radius 3 is 1.00 bits per heavy atom. The van der Waals surface area contributed by atoms with Crippen molar-refractivity contribution in [2.24, 2.45) is 0 Å². The zero-order valence-corrected chi connectivity index (χ0v) is 9.31. The molecule has 0 heterocycles. The molecule has 0 amide bonds. The summed E-state index contributed by atoms with van der Waals surface area (Å²) in [6.45, 7) is 0. The van der Waals surface area contributed by atoms with E-state index in [0.717, 1.165) is 0 Å². The van der Waals surface area contributed by atoms with Gasteiger partial charge in [-0.3, -0.25) is 0 Å². The average molecular weight is 151 g/mol. The van der Waals surface area contributed by atoms with Gasteiger partial charge in [-0.2, -0.15) is 0 Å². The SMILES string of the molecule is OB(O)O.[Na+].[Na+].[O-][B][O-]. The van der Waals surface area contributed by atoms with Crippen LogP contribution in [-0.2, 0) is 0 Å². The van der Waals surface area contributed by atoms with E-state index in [2.05, 4.69) is 0 Å². The molecule has 41 valence electrons. The Morgan fingerprint density at radius 2 is 1.00 bits per heavy atom. The van der Waals surface area contributed by atoms with Crippen molar-refractivity contribution in [3.05, 3.63) is 0 Å². The molecule has 0 saturated heterocycles. The number of hydrogen-bond donors (Lipinski definition) is 3. The smallest absolute Gasteiger partial charge is 0.900 e. The third kappa shape index (κ3) is 168. The molecule has 0 saturated carbocycles. The Morgan fingerprint density at radius 1 is 1.00 bits per heavy atom. The molecule has 0 aliphatic rings. The van der Waals surface area contributed by atoms with Crippen molar-refractivity contribution in [1.82, 2.24) is 0 Å². The summed E-state index contributed by atoms with van der Waals surface area (Å²) >= 11 is 0. The van der Waals surface area contributed by atoms with Gasteiger partial charge in [0.15, 0.2) is 0 Å². The van der Waals surface area contributed by atoms with Gasteiger partial charge in [0, 0.05) is 0 Å². The van der Waals surface area contributed by atoms with E-state index in [1.54, 1.807) is 0 Å². The first kappa shape index (κ1) is 22.4.